The van der Waals surface area contributed by atoms with Gasteiger partial charge in [-0.05, 0) is 0 Å². The number of terminal acetylenes is 1. The van der Waals surface area contributed by atoms with Crippen molar-refractivity contribution in [1.29, 1.82) is 0 Å². The Morgan fingerprint density at radius 3 is 3.06 bits per heavy atom. The lowest BCUT2D eigenvalue weighted by atomic mass is 10.2. The second kappa shape index (κ2) is 6.74. The largest absolute Gasteiger partial charge is 0.354 e. The van der Waals surface area contributed by atoms with Gasteiger partial charge < -0.3 is 9.88 Å². The van der Waals surface area contributed by atoms with E-state index in [4.69, 9.17) is 6.42 Å². The molecule has 0 spiro atoms. The number of amides is 1. The summed E-state index contributed by atoms with van der Waals surface area (Å²) in [7, 11) is 0. The molecule has 0 bridgehead atoms. The van der Waals surface area contributed by atoms with Gasteiger partial charge in [-0.2, -0.15) is 0 Å². The number of nitrogens with zero attached hydrogens (tertiary/aromatic N) is 2. The fourth-order valence-corrected chi connectivity index (χ4v) is 1.60. The maximum absolute atomic E-state index is 11.3. The molecule has 17 heavy (non-hydrogen) atoms. The number of hydrogen-bond acceptors (Lipinski definition) is 2. The van der Waals surface area contributed by atoms with E-state index in [-0.39, 0.29) is 5.91 Å². The van der Waals surface area contributed by atoms with E-state index in [1.165, 1.54) is 0 Å². The highest BCUT2D eigenvalue weighted by Crippen LogP contribution is 2.10. The van der Waals surface area contributed by atoms with Crippen LogP contribution in [0.25, 0.3) is 0 Å². The Morgan fingerprint density at radius 1 is 1.65 bits per heavy atom. The zero-order chi connectivity index (χ0) is 12.7. The predicted molar refractivity (Wildman–Crippen MR) is 67.4 cm³/mol. The minimum absolute atomic E-state index is 0.00848. The van der Waals surface area contributed by atoms with Gasteiger partial charge >= 0.3 is 0 Å². The number of rotatable bonds is 6. The van der Waals surface area contributed by atoms with Crippen molar-refractivity contribution in [2.75, 3.05) is 6.54 Å². The molecule has 1 aromatic heterocycles. The van der Waals surface area contributed by atoms with Crippen LogP contribution in [0.15, 0.2) is 12.4 Å². The highest BCUT2D eigenvalue weighted by Gasteiger charge is 2.06. The summed E-state index contributed by atoms with van der Waals surface area (Å²) in [4.78, 5) is 15.6. The van der Waals surface area contributed by atoms with E-state index in [2.05, 4.69) is 34.6 Å². The third-order valence-electron chi connectivity index (χ3n) is 2.44. The Bertz CT molecular complexity index is 401. The van der Waals surface area contributed by atoms with Crippen molar-refractivity contribution in [3.05, 3.63) is 18.2 Å². The molecule has 0 fully saturated rings. The van der Waals surface area contributed by atoms with E-state index >= 15 is 0 Å². The molecule has 1 amide bonds. The molecule has 0 atom stereocenters. The van der Waals surface area contributed by atoms with Crippen molar-refractivity contribution in [3.8, 4) is 12.3 Å². The molecule has 0 unspecified atom stereocenters. The van der Waals surface area contributed by atoms with Gasteiger partial charge in [0, 0.05) is 44.2 Å². The molecule has 4 nitrogen and oxygen atoms in total. The normalized spacial score (nSPS) is 10.2. The van der Waals surface area contributed by atoms with Gasteiger partial charge in [0.25, 0.3) is 0 Å². The van der Waals surface area contributed by atoms with Gasteiger partial charge in [-0.3, -0.25) is 4.79 Å². The van der Waals surface area contributed by atoms with Crippen LogP contribution in [0.2, 0.25) is 0 Å². The van der Waals surface area contributed by atoms with Crippen LogP contribution in [0.1, 0.15) is 38.4 Å². The molecule has 1 heterocycles. The van der Waals surface area contributed by atoms with Crippen LogP contribution < -0.4 is 5.32 Å². The third kappa shape index (κ3) is 4.31. The molecule has 0 aliphatic heterocycles. The maximum Gasteiger partial charge on any atom is 0.221 e. The summed E-state index contributed by atoms with van der Waals surface area (Å²) in [5.74, 6) is 3.89. The van der Waals surface area contributed by atoms with Crippen molar-refractivity contribution >= 4 is 5.91 Å². The lowest BCUT2D eigenvalue weighted by molar-refractivity contribution is -0.121. The first kappa shape index (κ1) is 13.3. The van der Waals surface area contributed by atoms with Gasteiger partial charge in [0.05, 0.1) is 0 Å². The molecule has 0 radical (unpaired) electrons. The Balaban J connectivity index is 2.33. The third-order valence-corrected chi connectivity index (χ3v) is 2.44. The fourth-order valence-electron chi connectivity index (χ4n) is 1.60. The summed E-state index contributed by atoms with van der Waals surface area (Å²) in [6, 6.07) is 0. The van der Waals surface area contributed by atoms with E-state index in [0.29, 0.717) is 25.3 Å². The molecule has 0 aromatic carbocycles. The highest BCUT2D eigenvalue weighted by molar-refractivity contribution is 5.76. The summed E-state index contributed by atoms with van der Waals surface area (Å²) in [5, 5.41) is 2.84. The average Bonchev–Trinajstić information content (AvgIpc) is 2.74. The van der Waals surface area contributed by atoms with Crippen molar-refractivity contribution in [3.63, 3.8) is 0 Å². The summed E-state index contributed by atoms with van der Waals surface area (Å²) >= 11 is 0. The van der Waals surface area contributed by atoms with Crippen LogP contribution in [0.5, 0.6) is 0 Å². The Labute approximate surface area is 102 Å². The Morgan fingerprint density at radius 2 is 2.41 bits per heavy atom. The molecule has 1 aromatic rings. The van der Waals surface area contributed by atoms with Crippen LogP contribution >= 0.6 is 0 Å². The van der Waals surface area contributed by atoms with E-state index in [9.17, 15) is 4.79 Å². The quantitative estimate of drug-likeness (QED) is 0.758. The average molecular weight is 233 g/mol. The van der Waals surface area contributed by atoms with Gasteiger partial charge in [0.15, 0.2) is 0 Å². The molecule has 0 aliphatic carbocycles. The van der Waals surface area contributed by atoms with Crippen molar-refractivity contribution < 1.29 is 4.79 Å². The number of carbonyl (C=O) groups excluding carboxylic acids is 1. The van der Waals surface area contributed by atoms with E-state index in [1.54, 1.807) is 6.20 Å². The monoisotopic (exact) mass is 233 g/mol. The van der Waals surface area contributed by atoms with Crippen molar-refractivity contribution in [2.45, 2.75) is 39.2 Å². The second-order valence-electron chi connectivity index (χ2n) is 4.19. The van der Waals surface area contributed by atoms with E-state index in [1.807, 2.05) is 6.20 Å². The standard InChI is InChI=1S/C13H19N3O/c1-4-5-6-12(17)14-7-9-16-10-8-15-13(16)11(2)3/h1,8,10-11H,5-7,9H2,2-3H3,(H,14,17). The smallest absolute Gasteiger partial charge is 0.221 e. The maximum atomic E-state index is 11.3. The number of hydrogen-bond donors (Lipinski definition) is 1. The number of nitrogens with one attached hydrogen (secondary N) is 1. The molecule has 0 aliphatic rings. The molecule has 1 N–H and O–H groups in total. The number of carbonyl (C=O) groups is 1. The summed E-state index contributed by atoms with van der Waals surface area (Å²) in [6.45, 7) is 5.56. The first-order chi connectivity index (χ1) is 8.15. The predicted octanol–water partition coefficient (Wildman–Crippen LogP) is 1.54. The zero-order valence-corrected chi connectivity index (χ0v) is 10.4. The van der Waals surface area contributed by atoms with Crippen molar-refractivity contribution in [2.24, 2.45) is 0 Å². The van der Waals surface area contributed by atoms with Crippen LogP contribution in [0.4, 0.5) is 0 Å². The Hall–Kier alpha value is -1.76. The van der Waals surface area contributed by atoms with Crippen LogP contribution in [-0.4, -0.2) is 22.0 Å². The van der Waals surface area contributed by atoms with Gasteiger partial charge in [-0.1, -0.05) is 13.8 Å². The van der Waals surface area contributed by atoms with Crippen LogP contribution in [0.3, 0.4) is 0 Å². The molecular formula is C13H19N3O. The van der Waals surface area contributed by atoms with Crippen LogP contribution in [-0.2, 0) is 11.3 Å². The summed E-state index contributed by atoms with van der Waals surface area (Å²) in [6.07, 6.45) is 9.71. The van der Waals surface area contributed by atoms with E-state index in [0.717, 1.165) is 12.4 Å². The minimum Gasteiger partial charge on any atom is -0.354 e. The second-order valence-corrected chi connectivity index (χ2v) is 4.19. The molecular weight excluding hydrogens is 214 g/mol. The van der Waals surface area contributed by atoms with E-state index < -0.39 is 0 Å². The highest BCUT2D eigenvalue weighted by atomic mass is 16.1. The topological polar surface area (TPSA) is 46.9 Å². The lowest BCUT2D eigenvalue weighted by Gasteiger charge is -2.10. The summed E-state index contributed by atoms with van der Waals surface area (Å²) < 4.78 is 2.06. The number of imidazole rings is 1. The van der Waals surface area contributed by atoms with Crippen LogP contribution in [0, 0.1) is 12.3 Å². The number of aromatic nitrogens is 2. The van der Waals surface area contributed by atoms with Gasteiger partial charge in [-0.15, -0.1) is 12.3 Å². The Kier molecular flexibility index (Phi) is 5.28. The SMILES string of the molecule is C#CCCC(=O)NCCn1ccnc1C(C)C. The molecule has 0 saturated heterocycles. The molecule has 92 valence electrons. The fraction of sp³-hybridized carbons (Fsp3) is 0.538. The zero-order valence-electron chi connectivity index (χ0n) is 10.4. The van der Waals surface area contributed by atoms with Gasteiger partial charge in [0.2, 0.25) is 5.91 Å². The lowest BCUT2D eigenvalue weighted by Crippen LogP contribution is -2.27. The first-order valence-corrected chi connectivity index (χ1v) is 5.86. The van der Waals surface area contributed by atoms with Gasteiger partial charge in [-0.25, -0.2) is 4.98 Å². The summed E-state index contributed by atoms with van der Waals surface area (Å²) in [5.41, 5.74) is 0. The molecule has 1 rings (SSSR count). The molecule has 0 saturated carbocycles. The van der Waals surface area contributed by atoms with Gasteiger partial charge in [0.1, 0.15) is 5.82 Å². The molecule has 4 heteroatoms. The van der Waals surface area contributed by atoms with Crippen molar-refractivity contribution in [1.82, 2.24) is 14.9 Å². The minimum atomic E-state index is 0.00848. The first-order valence-electron chi connectivity index (χ1n) is 5.86.